The molecule has 0 saturated heterocycles. The van der Waals surface area contributed by atoms with Gasteiger partial charge < -0.3 is 48.7 Å². The van der Waals surface area contributed by atoms with Crippen LogP contribution >= 0.6 is 0 Å². The number of carbonyl (C=O) groups excluding carboxylic acids is 3. The number of hydrogen-bond donors (Lipinski definition) is 3. The highest BCUT2D eigenvalue weighted by Crippen LogP contribution is 2.57. The molecule has 8 nitrogen and oxygen atoms in total. The number of Topliss-reactive ketones (excluding diaryl/α,β-unsaturated/α-hetero) is 2. The number of nitrogens with one attached hydrogen (secondary N) is 1. The first kappa shape index (κ1) is 27.8. The minimum absolute atomic E-state index is 0. The Labute approximate surface area is 217 Å². The molecule has 9 heteroatoms. The van der Waals surface area contributed by atoms with Crippen LogP contribution in [0.2, 0.25) is 0 Å². The number of rotatable bonds is 7. The minimum atomic E-state index is -1.49. The van der Waals surface area contributed by atoms with Crippen molar-refractivity contribution in [2.24, 2.45) is 0 Å². The molecule has 0 fully saturated rings. The third kappa shape index (κ3) is 4.13. The number of nitrogens with zero attached hydrogens (tertiary/aromatic N) is 1. The van der Waals surface area contributed by atoms with Gasteiger partial charge in [0.25, 0.3) is 0 Å². The smallest absolute Gasteiger partial charge is 0.194 e. The summed E-state index contributed by atoms with van der Waals surface area (Å²) in [5.74, 6) is -2.27. The van der Waals surface area contributed by atoms with E-state index in [0.29, 0.717) is 12.2 Å². The number of benzene rings is 1. The van der Waals surface area contributed by atoms with Crippen LogP contribution in [-0.4, -0.2) is 65.3 Å². The van der Waals surface area contributed by atoms with E-state index in [1.165, 1.54) is 19.9 Å². The molecule has 1 aromatic rings. The fourth-order valence-corrected chi connectivity index (χ4v) is 4.50. The topological polar surface area (TPSA) is 113 Å². The lowest BCUT2D eigenvalue weighted by atomic mass is 9.70. The summed E-state index contributed by atoms with van der Waals surface area (Å²) in [6.45, 7) is 13.6. The molecule has 1 aromatic carbocycles. The third-order valence-electron chi connectivity index (χ3n) is 7.33. The van der Waals surface area contributed by atoms with Gasteiger partial charge in [0.05, 0.1) is 44.4 Å². The zero-order chi connectivity index (χ0) is 24.9. The maximum atomic E-state index is 13.7. The van der Waals surface area contributed by atoms with E-state index in [2.05, 4.69) is 26.2 Å². The van der Waals surface area contributed by atoms with Crippen molar-refractivity contribution in [3.8, 4) is 17.2 Å². The van der Waals surface area contributed by atoms with Gasteiger partial charge in [0.2, 0.25) is 0 Å². The fourth-order valence-electron chi connectivity index (χ4n) is 4.50. The summed E-state index contributed by atoms with van der Waals surface area (Å²) in [6, 6.07) is 0. The first-order valence-corrected chi connectivity index (χ1v) is 11.2. The highest BCUT2D eigenvalue weighted by molar-refractivity contribution is 6.31. The average Bonchev–Trinajstić information content (AvgIpc) is 3.05. The van der Waals surface area contributed by atoms with E-state index >= 15 is 0 Å². The Morgan fingerprint density at radius 1 is 1.15 bits per heavy atom. The Kier molecular flexibility index (Phi) is 7.94. The first-order chi connectivity index (χ1) is 15.3. The largest absolute Gasteiger partial charge is 1.00 e. The molecular weight excluding hydrogens is 551 g/mol. The summed E-state index contributed by atoms with van der Waals surface area (Å²) in [6.07, 6.45) is 1.23. The van der Waals surface area contributed by atoms with Gasteiger partial charge in [0, 0.05) is 17.3 Å². The van der Waals surface area contributed by atoms with E-state index in [4.69, 9.17) is 4.74 Å². The van der Waals surface area contributed by atoms with Gasteiger partial charge in [-0.15, -0.1) is 0 Å². The normalized spacial score (nSPS) is 20.6. The van der Waals surface area contributed by atoms with E-state index in [1.54, 1.807) is 13.8 Å². The number of carbonyl (C=O) groups is 3. The standard InChI is InChI=1S/C25H32N2O6.HI/c1-8-27(7,9-2)11-10-26-14(4)18-16(29)12-17-25(6,24(18)32)20-22(31)13(3)21(30)19(15(5)28)23(20)33-17;/h12H,8-11H2,1-7H3,(H2-,26,28,29,30,31,32);1H/t25-;/m1./s1. The zero-order valence-corrected chi connectivity index (χ0v) is 22.9. The molecule has 0 aromatic heterocycles. The van der Waals surface area contributed by atoms with Crippen LogP contribution in [-0.2, 0) is 15.0 Å². The average molecular weight is 584 g/mol. The quantitative estimate of drug-likeness (QED) is 0.132. The monoisotopic (exact) mass is 584 g/mol. The molecule has 186 valence electrons. The number of phenols is 2. The van der Waals surface area contributed by atoms with Crippen molar-refractivity contribution >= 4 is 17.3 Å². The zero-order valence-electron chi connectivity index (χ0n) is 20.8. The Morgan fingerprint density at radius 2 is 1.74 bits per heavy atom. The Balaban J connectivity index is 0.00000408. The van der Waals surface area contributed by atoms with Crippen LogP contribution < -0.4 is 34.0 Å². The van der Waals surface area contributed by atoms with Crippen LogP contribution in [0.4, 0.5) is 0 Å². The lowest BCUT2D eigenvalue weighted by Gasteiger charge is -2.32. The van der Waals surface area contributed by atoms with Crippen molar-refractivity contribution in [1.82, 2.24) is 5.32 Å². The maximum Gasteiger partial charge on any atom is 0.194 e. The van der Waals surface area contributed by atoms with E-state index < -0.39 is 28.5 Å². The van der Waals surface area contributed by atoms with Crippen LogP contribution in [0.15, 0.2) is 23.1 Å². The summed E-state index contributed by atoms with van der Waals surface area (Å²) in [5.41, 5.74) is -0.992. The number of halogens is 1. The minimum Gasteiger partial charge on any atom is -1.00 e. The van der Waals surface area contributed by atoms with Crippen molar-refractivity contribution < 1.29 is 57.8 Å². The molecule has 0 radical (unpaired) electrons. The van der Waals surface area contributed by atoms with Crippen LogP contribution in [0.25, 0.3) is 0 Å². The van der Waals surface area contributed by atoms with Gasteiger partial charge in [0.15, 0.2) is 17.3 Å². The number of ether oxygens (including phenoxy) is 1. The van der Waals surface area contributed by atoms with Gasteiger partial charge in [-0.2, -0.15) is 0 Å². The molecule has 0 spiro atoms. The van der Waals surface area contributed by atoms with Gasteiger partial charge in [-0.05, 0) is 41.5 Å². The lowest BCUT2D eigenvalue weighted by molar-refractivity contribution is -0.904. The second-order valence-electron chi connectivity index (χ2n) is 9.29. The van der Waals surface area contributed by atoms with E-state index in [1.807, 2.05) is 0 Å². The highest BCUT2D eigenvalue weighted by atomic mass is 127. The number of quaternary nitrogens is 1. The van der Waals surface area contributed by atoms with Crippen LogP contribution in [0.5, 0.6) is 17.2 Å². The Morgan fingerprint density at radius 3 is 2.26 bits per heavy atom. The molecule has 3 N–H and O–H groups in total. The highest BCUT2D eigenvalue weighted by Gasteiger charge is 2.56. The number of phenolic OH excluding ortho intramolecular Hbond substituents is 2. The molecule has 0 bridgehead atoms. The molecule has 3 rings (SSSR count). The number of hydrogen-bond acceptors (Lipinski definition) is 7. The maximum absolute atomic E-state index is 13.7. The number of likely N-dealkylation sites (N-methyl/N-ethyl adjacent to an activating group) is 1. The van der Waals surface area contributed by atoms with Crippen molar-refractivity contribution in [2.45, 2.75) is 47.0 Å². The molecule has 1 aliphatic carbocycles. The molecule has 0 amide bonds. The lowest BCUT2D eigenvalue weighted by Crippen LogP contribution is -3.00. The second kappa shape index (κ2) is 9.69. The molecule has 34 heavy (non-hydrogen) atoms. The van der Waals surface area contributed by atoms with Crippen molar-refractivity contribution in [1.29, 1.82) is 0 Å². The van der Waals surface area contributed by atoms with Crippen LogP contribution in [0, 0.1) is 6.92 Å². The Hall–Kier alpha value is -2.40. The molecule has 2 aliphatic rings. The van der Waals surface area contributed by atoms with E-state index in [-0.39, 0.29) is 63.5 Å². The van der Waals surface area contributed by atoms with Gasteiger partial charge in [0.1, 0.15) is 34.0 Å². The van der Waals surface area contributed by atoms with E-state index in [0.717, 1.165) is 24.1 Å². The molecule has 1 heterocycles. The summed E-state index contributed by atoms with van der Waals surface area (Å²) >= 11 is 0. The van der Waals surface area contributed by atoms with Gasteiger partial charge >= 0.3 is 0 Å². The fraction of sp³-hybridized carbons (Fsp3) is 0.480. The molecule has 1 atom stereocenters. The molecule has 1 aliphatic heterocycles. The molecule has 0 saturated carbocycles. The SMILES string of the molecule is CC[N+](C)(CC)CCN/C(C)=C1\C(=O)C=C2Oc3c(C(C)=O)c(O)c(C)c(O)c3[C@]2(C)C1=O.[I-]. The number of allylic oxidation sites excluding steroid dienone is 4. The summed E-state index contributed by atoms with van der Waals surface area (Å²) < 4.78 is 6.63. The Bertz CT molecular complexity index is 1130. The predicted octanol–water partition coefficient (Wildman–Crippen LogP) is -0.351. The third-order valence-corrected chi connectivity index (χ3v) is 7.33. The summed E-state index contributed by atoms with van der Waals surface area (Å²) in [7, 11) is 2.15. The first-order valence-electron chi connectivity index (χ1n) is 11.2. The van der Waals surface area contributed by atoms with Crippen LogP contribution in [0.1, 0.15) is 56.1 Å². The second-order valence-corrected chi connectivity index (χ2v) is 9.29. The van der Waals surface area contributed by atoms with Gasteiger partial charge in [-0.3, -0.25) is 14.4 Å². The predicted molar refractivity (Wildman–Crippen MR) is 123 cm³/mol. The molecule has 0 unspecified atom stereocenters. The summed E-state index contributed by atoms with van der Waals surface area (Å²) in [4.78, 5) is 38.9. The van der Waals surface area contributed by atoms with Crippen molar-refractivity contribution in [2.75, 3.05) is 33.2 Å². The van der Waals surface area contributed by atoms with Crippen LogP contribution in [0.3, 0.4) is 0 Å². The van der Waals surface area contributed by atoms with E-state index in [9.17, 15) is 24.6 Å². The van der Waals surface area contributed by atoms with Crippen molar-refractivity contribution in [3.63, 3.8) is 0 Å². The summed E-state index contributed by atoms with van der Waals surface area (Å²) in [5, 5.41) is 24.5. The number of fused-ring (bicyclic) bond motifs is 3. The molecular formula is C25H33IN2O6. The number of ketones is 3. The van der Waals surface area contributed by atoms with Gasteiger partial charge in [-0.25, -0.2) is 0 Å². The van der Waals surface area contributed by atoms with Gasteiger partial charge in [-0.1, -0.05) is 0 Å². The van der Waals surface area contributed by atoms with Crippen molar-refractivity contribution in [3.05, 3.63) is 39.8 Å². The number of aromatic hydroxyl groups is 2.